The number of nitrogens with zero attached hydrogens (tertiary/aromatic N) is 1. The molecular formula is C14H20N2O2. The number of hydrogen-bond acceptors (Lipinski definition) is 3. The summed E-state index contributed by atoms with van der Waals surface area (Å²) in [5, 5.41) is 13.2. The fraction of sp³-hybridized carbons (Fsp3) is 0.429. The molecule has 0 saturated carbocycles. The van der Waals surface area contributed by atoms with E-state index >= 15 is 0 Å². The Morgan fingerprint density at radius 1 is 1.33 bits per heavy atom. The van der Waals surface area contributed by atoms with Crippen LogP contribution in [-0.2, 0) is 0 Å². The lowest BCUT2D eigenvalue weighted by molar-refractivity contribution is 0.0954. The molecule has 0 aliphatic rings. The average Bonchev–Trinajstić information content (AvgIpc) is 2.34. The molecule has 0 radical (unpaired) electrons. The molecule has 4 heteroatoms. The number of hydrazone groups is 1. The first-order valence-corrected chi connectivity index (χ1v) is 6.11. The predicted octanol–water partition coefficient (Wildman–Crippen LogP) is 2.93. The van der Waals surface area contributed by atoms with Gasteiger partial charge in [0, 0.05) is 11.3 Å². The molecular weight excluding hydrogens is 228 g/mol. The molecule has 0 heterocycles. The SMILES string of the molecule is C/C(CCC(C)C)=N/NC(=O)c1ccc(O)cc1. The number of aromatic hydroxyl groups is 1. The summed E-state index contributed by atoms with van der Waals surface area (Å²) in [6.07, 6.45) is 1.94. The number of rotatable bonds is 5. The first kappa shape index (κ1) is 14.2. The Hall–Kier alpha value is -1.84. The van der Waals surface area contributed by atoms with Crippen LogP contribution >= 0.6 is 0 Å². The van der Waals surface area contributed by atoms with Crippen molar-refractivity contribution in [2.45, 2.75) is 33.6 Å². The van der Waals surface area contributed by atoms with Gasteiger partial charge in [0.1, 0.15) is 5.75 Å². The number of carbonyl (C=O) groups is 1. The van der Waals surface area contributed by atoms with Crippen molar-refractivity contribution in [1.82, 2.24) is 5.43 Å². The van der Waals surface area contributed by atoms with Crippen molar-refractivity contribution >= 4 is 11.6 Å². The molecule has 0 aliphatic heterocycles. The van der Waals surface area contributed by atoms with Gasteiger partial charge in [0.15, 0.2) is 0 Å². The van der Waals surface area contributed by atoms with Crippen molar-refractivity contribution in [3.8, 4) is 5.75 Å². The van der Waals surface area contributed by atoms with Crippen LogP contribution in [0, 0.1) is 5.92 Å². The maximum absolute atomic E-state index is 11.7. The Kier molecular flexibility index (Phi) is 5.36. The fourth-order valence-electron chi connectivity index (χ4n) is 1.38. The molecule has 0 bridgehead atoms. The van der Waals surface area contributed by atoms with Gasteiger partial charge in [0.25, 0.3) is 5.91 Å². The van der Waals surface area contributed by atoms with E-state index in [-0.39, 0.29) is 11.7 Å². The first-order valence-electron chi connectivity index (χ1n) is 6.11. The van der Waals surface area contributed by atoms with E-state index in [1.54, 1.807) is 12.1 Å². The molecule has 1 aromatic carbocycles. The van der Waals surface area contributed by atoms with Crippen molar-refractivity contribution in [3.63, 3.8) is 0 Å². The van der Waals surface area contributed by atoms with Crippen molar-refractivity contribution < 1.29 is 9.90 Å². The summed E-state index contributed by atoms with van der Waals surface area (Å²) in [6.45, 7) is 6.21. The summed E-state index contributed by atoms with van der Waals surface area (Å²) >= 11 is 0. The Morgan fingerprint density at radius 3 is 2.50 bits per heavy atom. The van der Waals surface area contributed by atoms with Crippen LogP contribution in [0.4, 0.5) is 0 Å². The molecule has 98 valence electrons. The highest BCUT2D eigenvalue weighted by Gasteiger charge is 2.04. The van der Waals surface area contributed by atoms with Crippen molar-refractivity contribution in [1.29, 1.82) is 0 Å². The lowest BCUT2D eigenvalue weighted by Gasteiger charge is -2.05. The monoisotopic (exact) mass is 248 g/mol. The zero-order chi connectivity index (χ0) is 13.5. The van der Waals surface area contributed by atoms with Crippen LogP contribution in [0.1, 0.15) is 44.0 Å². The quantitative estimate of drug-likeness (QED) is 0.621. The molecule has 0 spiro atoms. The highest BCUT2D eigenvalue weighted by Crippen LogP contribution is 2.09. The van der Waals surface area contributed by atoms with E-state index in [0.29, 0.717) is 11.5 Å². The van der Waals surface area contributed by atoms with E-state index in [9.17, 15) is 4.79 Å². The number of carbonyl (C=O) groups excluding carboxylic acids is 1. The lowest BCUT2D eigenvalue weighted by atomic mass is 10.1. The van der Waals surface area contributed by atoms with Gasteiger partial charge in [0.05, 0.1) is 0 Å². The molecule has 0 saturated heterocycles. The van der Waals surface area contributed by atoms with Crippen molar-refractivity contribution in [2.75, 3.05) is 0 Å². The molecule has 0 aromatic heterocycles. The third-order valence-corrected chi connectivity index (χ3v) is 2.56. The fourth-order valence-corrected chi connectivity index (χ4v) is 1.38. The van der Waals surface area contributed by atoms with Gasteiger partial charge in [-0.3, -0.25) is 4.79 Å². The van der Waals surface area contributed by atoms with Gasteiger partial charge in [-0.25, -0.2) is 5.43 Å². The minimum Gasteiger partial charge on any atom is -0.508 e. The molecule has 0 fully saturated rings. The number of amides is 1. The van der Waals surface area contributed by atoms with Gasteiger partial charge in [-0.1, -0.05) is 13.8 Å². The molecule has 0 atom stereocenters. The number of hydrogen-bond donors (Lipinski definition) is 2. The topological polar surface area (TPSA) is 61.7 Å². The van der Waals surface area contributed by atoms with Crippen LogP contribution in [0.3, 0.4) is 0 Å². The Labute approximate surface area is 108 Å². The minimum atomic E-state index is -0.265. The van der Waals surface area contributed by atoms with Gasteiger partial charge < -0.3 is 5.11 Å². The van der Waals surface area contributed by atoms with Gasteiger partial charge in [0.2, 0.25) is 0 Å². The maximum Gasteiger partial charge on any atom is 0.271 e. The summed E-state index contributed by atoms with van der Waals surface area (Å²) < 4.78 is 0. The van der Waals surface area contributed by atoms with E-state index in [1.165, 1.54) is 12.1 Å². The third-order valence-electron chi connectivity index (χ3n) is 2.56. The van der Waals surface area contributed by atoms with Gasteiger partial charge >= 0.3 is 0 Å². The Bertz CT molecular complexity index is 422. The number of nitrogens with one attached hydrogen (secondary N) is 1. The number of benzene rings is 1. The van der Waals surface area contributed by atoms with E-state index in [1.807, 2.05) is 6.92 Å². The van der Waals surface area contributed by atoms with E-state index in [4.69, 9.17) is 5.11 Å². The summed E-state index contributed by atoms with van der Waals surface area (Å²) in [5.74, 6) is 0.505. The molecule has 2 N–H and O–H groups in total. The summed E-state index contributed by atoms with van der Waals surface area (Å²) in [7, 11) is 0. The second-order valence-corrected chi connectivity index (χ2v) is 4.77. The highest BCUT2D eigenvalue weighted by molar-refractivity contribution is 5.95. The van der Waals surface area contributed by atoms with Crippen LogP contribution < -0.4 is 5.43 Å². The lowest BCUT2D eigenvalue weighted by Crippen LogP contribution is -2.19. The second kappa shape index (κ2) is 6.79. The van der Waals surface area contributed by atoms with Gasteiger partial charge in [-0.15, -0.1) is 0 Å². The predicted molar refractivity (Wildman–Crippen MR) is 72.8 cm³/mol. The van der Waals surface area contributed by atoms with Crippen LogP contribution in [0.15, 0.2) is 29.4 Å². The van der Waals surface area contributed by atoms with E-state index < -0.39 is 0 Å². The normalized spacial score (nSPS) is 11.7. The van der Waals surface area contributed by atoms with Gasteiger partial charge in [-0.05, 0) is 49.9 Å². The van der Waals surface area contributed by atoms with Crippen LogP contribution in [0.2, 0.25) is 0 Å². The molecule has 18 heavy (non-hydrogen) atoms. The smallest absolute Gasteiger partial charge is 0.271 e. The third kappa shape index (κ3) is 4.99. The standard InChI is InChI=1S/C14H20N2O2/c1-10(2)4-5-11(3)15-16-14(18)12-6-8-13(17)9-7-12/h6-10,17H,4-5H2,1-3H3,(H,16,18)/b15-11-. The van der Waals surface area contributed by atoms with Crippen LogP contribution in [-0.4, -0.2) is 16.7 Å². The molecule has 0 aliphatic carbocycles. The van der Waals surface area contributed by atoms with Crippen LogP contribution in [0.5, 0.6) is 5.75 Å². The van der Waals surface area contributed by atoms with E-state index in [0.717, 1.165) is 18.6 Å². The summed E-state index contributed by atoms with van der Waals surface area (Å²) in [5.41, 5.74) is 3.90. The van der Waals surface area contributed by atoms with Crippen molar-refractivity contribution in [3.05, 3.63) is 29.8 Å². The zero-order valence-electron chi connectivity index (χ0n) is 11.1. The first-order chi connectivity index (χ1) is 8.49. The number of phenolic OH excluding ortho intramolecular Hbond substituents is 1. The molecule has 1 aromatic rings. The summed E-state index contributed by atoms with van der Waals surface area (Å²) in [4.78, 5) is 11.7. The molecule has 1 rings (SSSR count). The summed E-state index contributed by atoms with van der Waals surface area (Å²) in [6, 6.07) is 6.07. The molecule has 4 nitrogen and oxygen atoms in total. The second-order valence-electron chi connectivity index (χ2n) is 4.77. The van der Waals surface area contributed by atoms with Crippen molar-refractivity contribution in [2.24, 2.45) is 11.0 Å². The maximum atomic E-state index is 11.7. The highest BCUT2D eigenvalue weighted by atomic mass is 16.3. The van der Waals surface area contributed by atoms with Crippen LogP contribution in [0.25, 0.3) is 0 Å². The molecule has 0 unspecified atom stereocenters. The zero-order valence-corrected chi connectivity index (χ0v) is 11.1. The average molecular weight is 248 g/mol. The Morgan fingerprint density at radius 2 is 1.94 bits per heavy atom. The number of phenols is 1. The van der Waals surface area contributed by atoms with E-state index in [2.05, 4.69) is 24.4 Å². The largest absolute Gasteiger partial charge is 0.508 e. The minimum absolute atomic E-state index is 0.142. The Balaban J connectivity index is 2.49. The van der Waals surface area contributed by atoms with Gasteiger partial charge in [-0.2, -0.15) is 5.10 Å². The molecule has 1 amide bonds.